The number of hydrogen-bond donors (Lipinski definition) is 0. The number of fused-ring (bicyclic) bond motifs is 3. The Balaban J connectivity index is 0.00000532. The Hall–Kier alpha value is -5.20. The normalized spacial score (nSPS) is 17.6. The molecule has 3 aliphatic heterocycles. The largest absolute Gasteiger partial charge is 0.870 e. The van der Waals surface area contributed by atoms with E-state index in [2.05, 4.69) is 9.88 Å². The quantitative estimate of drug-likeness (QED) is 0.115. The maximum atomic E-state index is 15.0. The van der Waals surface area contributed by atoms with Gasteiger partial charge in [-0.2, -0.15) is 0 Å². The van der Waals surface area contributed by atoms with Gasteiger partial charge in [0.25, 0.3) is 0 Å². The number of aromatic amines is 1. The maximum absolute atomic E-state index is 15.0. The van der Waals surface area contributed by atoms with Crippen molar-refractivity contribution < 1.29 is 43.4 Å². The lowest BCUT2D eigenvalue weighted by molar-refractivity contribution is -0.377. The average molecular weight is 803 g/mol. The van der Waals surface area contributed by atoms with Crippen LogP contribution < -0.4 is 19.4 Å². The molecule has 0 spiro atoms. The monoisotopic (exact) mass is 801 g/mol. The molecular weight excluding hydrogens is 760 g/mol. The summed E-state index contributed by atoms with van der Waals surface area (Å²) in [6.07, 6.45) is 3.93. The third-order valence-corrected chi connectivity index (χ3v) is 11.0. The van der Waals surface area contributed by atoms with Crippen molar-refractivity contribution in [2.45, 2.75) is 38.0 Å². The number of H-pyrrole nitrogens is 1. The fraction of sp³-hybridized carbons (Fsp3) is 0.279. The molecule has 1 amide bonds. The number of piperidine rings is 3. The topological polar surface area (TPSA) is 122 Å². The standard InChI is InChI=1S/C43H40Cl2FN3O6.H2O/c1-52-38-16-15-32(21-40(38)53-2)39(22-33-34(44)23-47-24-35(33)45)54-42(50)31-13-11-29(12-14-31)28-9-7-27(8-10-28)25-49(37-6-4-3-5-36(37)46)43(51)55-41-26-48-19-17-30(41)18-20-48;/h3-16,21,23-24,30,39,41H,17-20,22,25-26H2,1-2H3;1H2/t39-,41-;/m0./s1. The summed E-state index contributed by atoms with van der Waals surface area (Å²) in [5, 5.41) is 0.822. The summed E-state index contributed by atoms with van der Waals surface area (Å²) in [7, 11) is 3.09. The number of benzene rings is 4. The summed E-state index contributed by atoms with van der Waals surface area (Å²) >= 11 is 13.0. The third kappa shape index (κ3) is 9.08. The number of ether oxygens (including phenoxy) is 4. The molecule has 0 radical (unpaired) electrons. The van der Waals surface area contributed by atoms with Crippen LogP contribution in [0.1, 0.15) is 46.0 Å². The van der Waals surface area contributed by atoms with Crippen molar-refractivity contribution in [2.75, 3.05) is 38.8 Å². The van der Waals surface area contributed by atoms with Gasteiger partial charge in [0.1, 0.15) is 28.1 Å². The molecule has 4 aromatic carbocycles. The highest BCUT2D eigenvalue weighted by Gasteiger charge is 2.38. The van der Waals surface area contributed by atoms with E-state index in [-0.39, 0.29) is 30.2 Å². The fourth-order valence-corrected chi connectivity index (χ4v) is 7.81. The number of halogens is 3. The highest BCUT2D eigenvalue weighted by molar-refractivity contribution is 6.35. The van der Waals surface area contributed by atoms with Crippen molar-refractivity contribution in [1.82, 2.24) is 4.90 Å². The number of pyridine rings is 1. The first-order chi connectivity index (χ1) is 26.7. The number of nitrogens with zero attached hydrogens (tertiary/aromatic N) is 2. The van der Waals surface area contributed by atoms with E-state index in [1.165, 1.54) is 18.1 Å². The van der Waals surface area contributed by atoms with Gasteiger partial charge in [-0.3, -0.25) is 9.80 Å². The molecule has 8 rings (SSSR count). The minimum Gasteiger partial charge on any atom is -0.870 e. The number of anilines is 1. The molecule has 4 heterocycles. The lowest BCUT2D eigenvalue weighted by Crippen LogP contribution is -2.53. The van der Waals surface area contributed by atoms with Gasteiger partial charge in [0.15, 0.2) is 23.9 Å². The van der Waals surface area contributed by atoms with Gasteiger partial charge in [-0.1, -0.05) is 77.8 Å². The van der Waals surface area contributed by atoms with Gasteiger partial charge in [0.05, 0.1) is 32.0 Å². The summed E-state index contributed by atoms with van der Waals surface area (Å²) in [6.45, 7) is 2.89. The number of rotatable bonds is 12. The van der Waals surface area contributed by atoms with E-state index in [9.17, 15) is 9.59 Å². The molecule has 1 aromatic heterocycles. The molecule has 0 aliphatic carbocycles. The van der Waals surface area contributed by atoms with E-state index < -0.39 is 24.0 Å². The van der Waals surface area contributed by atoms with Crippen molar-refractivity contribution in [3.63, 3.8) is 0 Å². The van der Waals surface area contributed by atoms with Crippen LogP contribution in [0.5, 0.6) is 11.5 Å². The average Bonchev–Trinajstić information content (AvgIpc) is 3.21. The molecule has 2 bridgehead atoms. The Kier molecular flexibility index (Phi) is 13.1. The highest BCUT2D eigenvalue weighted by atomic mass is 35.5. The molecule has 5 aromatic rings. The molecular formula is C43H42Cl2FN3O7. The van der Waals surface area contributed by atoms with Crippen LogP contribution in [0.4, 0.5) is 14.9 Å². The van der Waals surface area contributed by atoms with Gasteiger partial charge < -0.3 is 24.4 Å². The molecule has 292 valence electrons. The lowest BCUT2D eigenvalue weighted by atomic mass is 9.86. The van der Waals surface area contributed by atoms with E-state index in [1.54, 1.807) is 68.0 Å². The van der Waals surface area contributed by atoms with Crippen molar-refractivity contribution >= 4 is 41.0 Å². The summed E-state index contributed by atoms with van der Waals surface area (Å²) in [6, 6.07) is 26.3. The number of carbonyl (C=O) groups excluding carboxylic acids is 2. The van der Waals surface area contributed by atoms with E-state index in [0.717, 1.165) is 42.6 Å². The third-order valence-electron chi connectivity index (χ3n) is 10.4. The predicted octanol–water partition coefficient (Wildman–Crippen LogP) is 8.83. The molecule has 13 heteroatoms. The van der Waals surface area contributed by atoms with Crippen molar-refractivity contribution in [1.29, 1.82) is 0 Å². The summed E-state index contributed by atoms with van der Waals surface area (Å²) in [4.78, 5) is 33.8. The lowest BCUT2D eigenvalue weighted by Gasteiger charge is -2.44. The number of para-hydroxylation sites is 1. The minimum absolute atomic E-state index is 0. The van der Waals surface area contributed by atoms with E-state index in [4.69, 9.17) is 42.1 Å². The van der Waals surface area contributed by atoms with E-state index in [0.29, 0.717) is 50.7 Å². The minimum atomic E-state index is -0.756. The molecule has 3 fully saturated rings. The zero-order valence-electron chi connectivity index (χ0n) is 30.9. The smallest absolute Gasteiger partial charge is 0.415 e. The highest BCUT2D eigenvalue weighted by Crippen LogP contribution is 2.36. The second-order valence-corrected chi connectivity index (χ2v) is 14.5. The van der Waals surface area contributed by atoms with Gasteiger partial charge >= 0.3 is 12.1 Å². The first-order valence-corrected chi connectivity index (χ1v) is 18.9. The Morgan fingerprint density at radius 3 is 2.12 bits per heavy atom. The van der Waals surface area contributed by atoms with Gasteiger partial charge in [0.2, 0.25) is 0 Å². The van der Waals surface area contributed by atoms with Crippen LogP contribution in [0.15, 0.2) is 103 Å². The van der Waals surface area contributed by atoms with Crippen LogP contribution in [-0.4, -0.2) is 62.4 Å². The Labute approximate surface area is 335 Å². The second-order valence-electron chi connectivity index (χ2n) is 13.7. The van der Waals surface area contributed by atoms with Crippen molar-refractivity contribution in [2.24, 2.45) is 5.92 Å². The number of carbonyl (C=O) groups is 2. The van der Waals surface area contributed by atoms with E-state index >= 15 is 4.39 Å². The maximum Gasteiger partial charge on any atom is 0.415 e. The Morgan fingerprint density at radius 2 is 1.52 bits per heavy atom. The summed E-state index contributed by atoms with van der Waals surface area (Å²) in [5.41, 5.74) is 4.38. The van der Waals surface area contributed by atoms with Crippen LogP contribution in [0.3, 0.4) is 0 Å². The van der Waals surface area contributed by atoms with Gasteiger partial charge in [0, 0.05) is 18.5 Å². The predicted molar refractivity (Wildman–Crippen MR) is 210 cm³/mol. The van der Waals surface area contributed by atoms with Crippen LogP contribution in [0.25, 0.3) is 11.1 Å². The number of nitrogens with one attached hydrogen (secondary N) is 1. The Bertz CT molecular complexity index is 2130. The zero-order valence-corrected chi connectivity index (χ0v) is 32.4. The van der Waals surface area contributed by atoms with Crippen molar-refractivity contribution in [3.8, 4) is 22.6 Å². The molecule has 3 aliphatic rings. The summed E-state index contributed by atoms with van der Waals surface area (Å²) in [5.74, 6) is 0.323. The molecule has 10 nitrogen and oxygen atoms in total. The number of hydrogen-bond acceptors (Lipinski definition) is 8. The first kappa shape index (κ1) is 40.5. The molecule has 2 atom stereocenters. The number of methoxy groups -OCH3 is 2. The summed E-state index contributed by atoms with van der Waals surface area (Å²) < 4.78 is 38.1. The van der Waals surface area contributed by atoms with Crippen LogP contribution >= 0.6 is 23.2 Å². The van der Waals surface area contributed by atoms with Crippen molar-refractivity contribution in [3.05, 3.63) is 142 Å². The molecule has 3 saturated heterocycles. The van der Waals surface area contributed by atoms with Gasteiger partial charge in [-0.25, -0.2) is 19.0 Å². The zero-order chi connectivity index (χ0) is 38.5. The van der Waals surface area contributed by atoms with E-state index in [1.807, 2.05) is 36.4 Å². The molecule has 2 N–H and O–H groups in total. The Morgan fingerprint density at radius 1 is 0.875 bits per heavy atom. The van der Waals surface area contributed by atoms with Gasteiger partial charge in [-0.05, 0) is 90.5 Å². The first-order valence-electron chi connectivity index (χ1n) is 18.1. The van der Waals surface area contributed by atoms with Crippen LogP contribution in [0, 0.1) is 11.7 Å². The number of esters is 1. The number of amides is 1. The number of aromatic nitrogens is 1. The van der Waals surface area contributed by atoms with Crippen LogP contribution in [-0.2, 0) is 22.4 Å². The van der Waals surface area contributed by atoms with Gasteiger partial charge in [-0.15, -0.1) is 0 Å². The second kappa shape index (κ2) is 18.2. The SMILES string of the molecule is COc1ccc([C@H](Cc2c(Cl)c[nH+]cc2Cl)OC(=O)c2ccc(-c3ccc(CN(C(=O)O[C@H]4CN5CCC4CC5)c4ccccc4F)cc3)cc2)cc1OC.[OH-]. The van der Waals surface area contributed by atoms with Crippen LogP contribution in [0.2, 0.25) is 10.0 Å². The fourth-order valence-electron chi connectivity index (χ4n) is 7.27. The molecule has 0 saturated carbocycles. The molecule has 0 unspecified atom stereocenters. The molecule has 56 heavy (non-hydrogen) atoms.